The van der Waals surface area contributed by atoms with Gasteiger partial charge in [0.15, 0.2) is 0 Å². The van der Waals surface area contributed by atoms with Gasteiger partial charge in [0.25, 0.3) is 5.91 Å². The highest BCUT2D eigenvalue weighted by Gasteiger charge is 2.27. The van der Waals surface area contributed by atoms with Crippen LogP contribution in [0.5, 0.6) is 0 Å². The molecular weight excluding hydrogens is 338 g/mol. The van der Waals surface area contributed by atoms with Gasteiger partial charge in [-0.05, 0) is 36.1 Å². The van der Waals surface area contributed by atoms with Crippen molar-refractivity contribution in [3.8, 4) is 0 Å². The van der Waals surface area contributed by atoms with E-state index in [1.807, 2.05) is 31.2 Å². The molecule has 1 atom stereocenters. The Morgan fingerprint density at radius 2 is 1.62 bits per heavy atom. The minimum absolute atomic E-state index is 0.259. The van der Waals surface area contributed by atoms with Crippen LogP contribution < -0.4 is 10.6 Å². The van der Waals surface area contributed by atoms with Crippen molar-refractivity contribution in [3.05, 3.63) is 70.8 Å². The second kappa shape index (κ2) is 8.56. The lowest BCUT2D eigenvalue weighted by atomic mass is 10.0. The molecule has 0 saturated carbocycles. The van der Waals surface area contributed by atoms with E-state index in [0.717, 1.165) is 23.3 Å². The number of nitrogens with one attached hydrogen (secondary N) is 2. The molecule has 6 heteroatoms. The predicted molar refractivity (Wildman–Crippen MR) is 95.5 cm³/mol. The zero-order valence-electron chi connectivity index (χ0n) is 15.0. The van der Waals surface area contributed by atoms with E-state index in [0.29, 0.717) is 6.54 Å². The molecule has 2 rings (SSSR count). The Labute approximate surface area is 151 Å². The molecule has 0 heterocycles. The van der Waals surface area contributed by atoms with Crippen LogP contribution in [0.2, 0.25) is 0 Å². The van der Waals surface area contributed by atoms with Gasteiger partial charge in [-0.1, -0.05) is 44.2 Å². The number of hydrogen-bond acceptors (Lipinski definition) is 2. The van der Waals surface area contributed by atoms with Gasteiger partial charge in [-0.25, -0.2) is 8.78 Å². The summed E-state index contributed by atoms with van der Waals surface area (Å²) in [6.07, 6.45) is 0. The summed E-state index contributed by atoms with van der Waals surface area (Å²) in [5, 5.41) is 5.20. The molecule has 0 aromatic heterocycles. The number of aryl methyl sites for hydroxylation is 1. The minimum Gasteiger partial charge on any atom is -0.350 e. The first kappa shape index (κ1) is 19.6. The SMILES string of the molecule is Cc1ccccc1CNC(=O)C(NC(=O)c1c(F)cccc1F)C(C)C. The first-order valence-corrected chi connectivity index (χ1v) is 8.38. The quantitative estimate of drug-likeness (QED) is 0.830. The molecule has 0 aliphatic carbocycles. The van der Waals surface area contributed by atoms with E-state index in [9.17, 15) is 18.4 Å². The molecule has 2 amide bonds. The third kappa shape index (κ3) is 4.65. The van der Waals surface area contributed by atoms with E-state index in [4.69, 9.17) is 0 Å². The summed E-state index contributed by atoms with van der Waals surface area (Å²) in [6.45, 7) is 5.73. The molecule has 1 unspecified atom stereocenters. The van der Waals surface area contributed by atoms with Crippen LogP contribution in [0.1, 0.15) is 35.3 Å². The summed E-state index contributed by atoms with van der Waals surface area (Å²) in [5.41, 5.74) is 1.30. The van der Waals surface area contributed by atoms with Crippen LogP contribution in [0.25, 0.3) is 0 Å². The number of benzene rings is 2. The Kier molecular flexibility index (Phi) is 6.44. The molecule has 0 fully saturated rings. The average Bonchev–Trinajstić information content (AvgIpc) is 2.58. The molecule has 0 radical (unpaired) electrons. The first-order valence-electron chi connectivity index (χ1n) is 8.38. The lowest BCUT2D eigenvalue weighted by molar-refractivity contribution is -0.124. The van der Waals surface area contributed by atoms with Crippen molar-refractivity contribution in [2.75, 3.05) is 0 Å². The van der Waals surface area contributed by atoms with Crippen molar-refractivity contribution in [1.29, 1.82) is 0 Å². The van der Waals surface area contributed by atoms with Crippen LogP contribution >= 0.6 is 0 Å². The Bertz CT molecular complexity index is 786. The van der Waals surface area contributed by atoms with Crippen molar-refractivity contribution in [2.24, 2.45) is 5.92 Å². The third-order valence-electron chi connectivity index (χ3n) is 4.14. The molecule has 0 aliphatic heterocycles. The van der Waals surface area contributed by atoms with Crippen LogP contribution in [0, 0.1) is 24.5 Å². The van der Waals surface area contributed by atoms with Gasteiger partial charge in [-0.3, -0.25) is 9.59 Å². The molecule has 0 spiro atoms. The molecule has 0 saturated heterocycles. The number of carbonyl (C=O) groups excluding carboxylic acids is 2. The lowest BCUT2D eigenvalue weighted by Crippen LogP contribution is -2.49. The third-order valence-corrected chi connectivity index (χ3v) is 4.14. The van der Waals surface area contributed by atoms with E-state index >= 15 is 0 Å². The topological polar surface area (TPSA) is 58.2 Å². The number of carbonyl (C=O) groups is 2. The van der Waals surface area contributed by atoms with E-state index in [1.165, 1.54) is 6.07 Å². The van der Waals surface area contributed by atoms with Gasteiger partial charge in [0.1, 0.15) is 23.2 Å². The molecule has 4 nitrogen and oxygen atoms in total. The smallest absolute Gasteiger partial charge is 0.257 e. The van der Waals surface area contributed by atoms with Crippen LogP contribution in [0.4, 0.5) is 8.78 Å². The average molecular weight is 360 g/mol. The molecular formula is C20H22F2N2O2. The summed E-state index contributed by atoms with van der Waals surface area (Å²) < 4.78 is 27.5. The highest BCUT2D eigenvalue weighted by molar-refractivity contribution is 5.98. The van der Waals surface area contributed by atoms with Crippen LogP contribution in [-0.2, 0) is 11.3 Å². The fourth-order valence-corrected chi connectivity index (χ4v) is 2.56. The number of halogens is 2. The Hall–Kier alpha value is -2.76. The number of hydrogen-bond donors (Lipinski definition) is 2. The van der Waals surface area contributed by atoms with E-state index in [1.54, 1.807) is 13.8 Å². The Morgan fingerprint density at radius 3 is 2.19 bits per heavy atom. The maximum atomic E-state index is 13.8. The Morgan fingerprint density at radius 1 is 1.00 bits per heavy atom. The minimum atomic E-state index is -0.967. The van der Waals surface area contributed by atoms with Gasteiger partial charge in [0.2, 0.25) is 5.91 Å². The van der Waals surface area contributed by atoms with Gasteiger partial charge in [-0.15, -0.1) is 0 Å². The molecule has 2 aromatic carbocycles. The molecule has 0 bridgehead atoms. The highest BCUT2D eigenvalue weighted by Crippen LogP contribution is 2.13. The van der Waals surface area contributed by atoms with Gasteiger partial charge in [0.05, 0.1) is 0 Å². The standard InChI is InChI=1S/C20H22F2N2O2/c1-12(2)18(20(26)23-11-14-8-5-4-7-13(14)3)24-19(25)17-15(21)9-6-10-16(17)22/h4-10,12,18H,11H2,1-3H3,(H,23,26)(H,24,25). The zero-order chi connectivity index (χ0) is 19.3. The maximum Gasteiger partial charge on any atom is 0.257 e. The number of rotatable bonds is 6. The van der Waals surface area contributed by atoms with Crippen molar-refractivity contribution in [3.63, 3.8) is 0 Å². The number of amides is 2. The normalized spacial score (nSPS) is 11.9. The van der Waals surface area contributed by atoms with Crippen LogP contribution in [-0.4, -0.2) is 17.9 Å². The molecule has 138 valence electrons. The van der Waals surface area contributed by atoms with Gasteiger partial charge in [-0.2, -0.15) is 0 Å². The summed E-state index contributed by atoms with van der Waals surface area (Å²) >= 11 is 0. The fourth-order valence-electron chi connectivity index (χ4n) is 2.56. The largest absolute Gasteiger partial charge is 0.350 e. The first-order chi connectivity index (χ1) is 12.3. The fraction of sp³-hybridized carbons (Fsp3) is 0.300. The van der Waals surface area contributed by atoms with Gasteiger partial charge >= 0.3 is 0 Å². The second-order valence-corrected chi connectivity index (χ2v) is 6.44. The van der Waals surface area contributed by atoms with E-state index in [-0.39, 0.29) is 5.92 Å². The van der Waals surface area contributed by atoms with Crippen LogP contribution in [0.15, 0.2) is 42.5 Å². The monoisotopic (exact) mass is 360 g/mol. The second-order valence-electron chi connectivity index (χ2n) is 6.44. The van der Waals surface area contributed by atoms with Gasteiger partial charge in [0, 0.05) is 6.54 Å². The molecule has 26 heavy (non-hydrogen) atoms. The van der Waals surface area contributed by atoms with Crippen LogP contribution in [0.3, 0.4) is 0 Å². The Balaban J connectivity index is 2.09. The molecule has 0 aliphatic rings. The molecule has 2 N–H and O–H groups in total. The zero-order valence-corrected chi connectivity index (χ0v) is 15.0. The summed E-state index contributed by atoms with van der Waals surface area (Å²) in [7, 11) is 0. The van der Waals surface area contributed by atoms with Crippen molar-refractivity contribution in [1.82, 2.24) is 10.6 Å². The maximum absolute atomic E-state index is 13.8. The van der Waals surface area contributed by atoms with E-state index < -0.39 is 35.1 Å². The van der Waals surface area contributed by atoms with Crippen molar-refractivity contribution < 1.29 is 18.4 Å². The van der Waals surface area contributed by atoms with Gasteiger partial charge < -0.3 is 10.6 Å². The highest BCUT2D eigenvalue weighted by atomic mass is 19.1. The molecule has 2 aromatic rings. The van der Waals surface area contributed by atoms with Crippen molar-refractivity contribution >= 4 is 11.8 Å². The summed E-state index contributed by atoms with van der Waals surface area (Å²) in [5.74, 6) is -3.56. The predicted octanol–water partition coefficient (Wildman–Crippen LogP) is 3.34. The lowest BCUT2D eigenvalue weighted by Gasteiger charge is -2.22. The summed E-state index contributed by atoms with van der Waals surface area (Å²) in [6, 6.07) is 9.87. The van der Waals surface area contributed by atoms with E-state index in [2.05, 4.69) is 10.6 Å². The van der Waals surface area contributed by atoms with Crippen molar-refractivity contribution in [2.45, 2.75) is 33.4 Å². The summed E-state index contributed by atoms with van der Waals surface area (Å²) in [4.78, 5) is 24.8.